The van der Waals surface area contributed by atoms with Gasteiger partial charge in [0.2, 0.25) is 0 Å². The highest BCUT2D eigenvalue weighted by atomic mass is 16.1. The molecule has 0 saturated heterocycles. The first-order valence-electron chi connectivity index (χ1n) is 7.21. The summed E-state index contributed by atoms with van der Waals surface area (Å²) in [7, 11) is 1.96. The molecule has 0 aliphatic rings. The molecule has 3 nitrogen and oxygen atoms in total. The zero-order valence-corrected chi connectivity index (χ0v) is 13.3. The quantitative estimate of drug-likeness (QED) is 0.784. The van der Waals surface area contributed by atoms with Crippen molar-refractivity contribution in [3.63, 3.8) is 0 Å². The normalized spacial score (nSPS) is 11.9. The van der Waals surface area contributed by atoms with Crippen LogP contribution in [0.3, 0.4) is 0 Å². The Kier molecular flexibility index (Phi) is 5.33. The van der Waals surface area contributed by atoms with Crippen molar-refractivity contribution in [2.24, 2.45) is 12.5 Å². The van der Waals surface area contributed by atoms with Crippen LogP contribution in [-0.2, 0) is 18.3 Å². The molecule has 0 aliphatic carbocycles. The lowest BCUT2D eigenvalue weighted by atomic mass is 9.89. The number of rotatable bonds is 6. The predicted octanol–water partition coefficient (Wildman–Crippen LogP) is 3.76. The third-order valence-corrected chi connectivity index (χ3v) is 3.70. The summed E-state index contributed by atoms with van der Waals surface area (Å²) in [6.07, 6.45) is 4.32. The summed E-state index contributed by atoms with van der Waals surface area (Å²) in [5, 5.41) is 4.39. The van der Waals surface area contributed by atoms with E-state index in [-0.39, 0.29) is 0 Å². The van der Waals surface area contributed by atoms with Crippen LogP contribution < -0.4 is 0 Å². The summed E-state index contributed by atoms with van der Waals surface area (Å²) in [6, 6.07) is 0. The van der Waals surface area contributed by atoms with Gasteiger partial charge in [-0.1, -0.05) is 20.8 Å². The molecule has 0 fully saturated rings. The van der Waals surface area contributed by atoms with Crippen molar-refractivity contribution in [3.05, 3.63) is 17.0 Å². The lowest BCUT2D eigenvalue weighted by molar-refractivity contribution is -0.119. The van der Waals surface area contributed by atoms with E-state index in [9.17, 15) is 4.79 Å². The molecule has 0 atom stereocenters. The van der Waals surface area contributed by atoms with Crippen molar-refractivity contribution in [1.82, 2.24) is 9.78 Å². The third-order valence-electron chi connectivity index (χ3n) is 3.70. The van der Waals surface area contributed by atoms with Crippen molar-refractivity contribution >= 4 is 5.78 Å². The minimum atomic E-state index is 0.330. The fourth-order valence-corrected chi connectivity index (χ4v) is 2.38. The summed E-state index contributed by atoms with van der Waals surface area (Å²) >= 11 is 0. The molecule has 108 valence electrons. The van der Waals surface area contributed by atoms with E-state index in [2.05, 4.69) is 32.8 Å². The first-order valence-corrected chi connectivity index (χ1v) is 7.21. The number of carbonyl (C=O) groups is 1. The molecule has 0 spiro atoms. The van der Waals surface area contributed by atoms with Gasteiger partial charge in [0.1, 0.15) is 5.78 Å². The molecule has 19 heavy (non-hydrogen) atoms. The zero-order chi connectivity index (χ0) is 14.6. The molecule has 0 N–H and O–H groups in total. The second-order valence-corrected chi connectivity index (χ2v) is 6.73. The number of nitrogens with zero attached hydrogens (tertiary/aromatic N) is 2. The van der Waals surface area contributed by atoms with Crippen LogP contribution in [0, 0.1) is 19.3 Å². The van der Waals surface area contributed by atoms with Gasteiger partial charge < -0.3 is 0 Å². The molecule has 0 aromatic carbocycles. The van der Waals surface area contributed by atoms with Gasteiger partial charge in [-0.2, -0.15) is 5.10 Å². The van der Waals surface area contributed by atoms with Crippen molar-refractivity contribution in [3.8, 4) is 0 Å². The summed E-state index contributed by atoms with van der Waals surface area (Å²) in [4.78, 5) is 11.9. The average Bonchev–Trinajstić information content (AvgIpc) is 2.49. The van der Waals surface area contributed by atoms with Gasteiger partial charge in [-0.3, -0.25) is 9.48 Å². The second kappa shape index (κ2) is 6.36. The number of aromatic nitrogens is 2. The van der Waals surface area contributed by atoms with E-state index in [1.165, 1.54) is 11.3 Å². The van der Waals surface area contributed by atoms with E-state index in [1.54, 1.807) is 0 Å². The molecular weight excluding hydrogens is 236 g/mol. The SMILES string of the molecule is Cc1nn(C)c(C)c1CCC(=O)CCCC(C)(C)C. The van der Waals surface area contributed by atoms with E-state index in [4.69, 9.17) is 0 Å². The van der Waals surface area contributed by atoms with E-state index in [0.717, 1.165) is 31.4 Å². The van der Waals surface area contributed by atoms with E-state index < -0.39 is 0 Å². The Morgan fingerprint density at radius 2 is 1.84 bits per heavy atom. The Hall–Kier alpha value is -1.12. The Morgan fingerprint density at radius 1 is 1.21 bits per heavy atom. The molecule has 0 saturated carbocycles. The monoisotopic (exact) mass is 264 g/mol. The highest BCUT2D eigenvalue weighted by Gasteiger charge is 2.13. The van der Waals surface area contributed by atoms with E-state index in [1.807, 2.05) is 18.7 Å². The highest BCUT2D eigenvalue weighted by molar-refractivity contribution is 5.78. The topological polar surface area (TPSA) is 34.9 Å². The standard InChI is InChI=1S/C16H28N2O/c1-12-15(13(2)18(6)17-12)10-9-14(19)8-7-11-16(3,4)5/h7-11H2,1-6H3. The zero-order valence-electron chi connectivity index (χ0n) is 13.3. The first-order chi connectivity index (χ1) is 8.70. The number of ketones is 1. The van der Waals surface area contributed by atoms with Gasteiger partial charge in [-0.05, 0) is 44.1 Å². The maximum Gasteiger partial charge on any atom is 0.133 e. The summed E-state index contributed by atoms with van der Waals surface area (Å²) in [5.41, 5.74) is 3.81. The van der Waals surface area contributed by atoms with E-state index >= 15 is 0 Å². The summed E-state index contributed by atoms with van der Waals surface area (Å²) in [6.45, 7) is 10.8. The molecule has 0 amide bonds. The molecule has 1 aromatic rings. The number of hydrogen-bond acceptors (Lipinski definition) is 2. The van der Waals surface area contributed by atoms with Gasteiger partial charge in [0.25, 0.3) is 0 Å². The Balaban J connectivity index is 2.38. The molecule has 1 aromatic heterocycles. The molecule has 3 heteroatoms. The number of Topliss-reactive ketones (excluding diaryl/α,β-unsaturated/α-hetero) is 1. The van der Waals surface area contributed by atoms with Gasteiger partial charge in [0, 0.05) is 25.6 Å². The summed E-state index contributed by atoms with van der Waals surface area (Å²) in [5.74, 6) is 0.381. The molecule has 0 unspecified atom stereocenters. The maximum atomic E-state index is 11.9. The summed E-state index contributed by atoms with van der Waals surface area (Å²) < 4.78 is 1.90. The van der Waals surface area contributed by atoms with Crippen LogP contribution in [0.25, 0.3) is 0 Å². The van der Waals surface area contributed by atoms with Crippen molar-refractivity contribution < 1.29 is 4.79 Å². The lowest BCUT2D eigenvalue weighted by Gasteiger charge is -2.17. The van der Waals surface area contributed by atoms with Crippen LogP contribution in [0.1, 0.15) is 63.4 Å². The maximum absolute atomic E-state index is 11.9. The van der Waals surface area contributed by atoms with Gasteiger partial charge >= 0.3 is 0 Å². The first kappa shape index (κ1) is 15.9. The van der Waals surface area contributed by atoms with Crippen molar-refractivity contribution in [1.29, 1.82) is 0 Å². The predicted molar refractivity (Wildman–Crippen MR) is 79.3 cm³/mol. The fraction of sp³-hybridized carbons (Fsp3) is 0.750. The van der Waals surface area contributed by atoms with Gasteiger partial charge in [0.05, 0.1) is 5.69 Å². The number of aryl methyl sites for hydroxylation is 2. The van der Waals surface area contributed by atoms with Crippen LogP contribution in [-0.4, -0.2) is 15.6 Å². The van der Waals surface area contributed by atoms with Gasteiger partial charge in [-0.15, -0.1) is 0 Å². The molecule has 0 radical (unpaired) electrons. The Labute approximate surface area is 117 Å². The fourth-order valence-electron chi connectivity index (χ4n) is 2.38. The Bertz CT molecular complexity index is 438. The minimum absolute atomic E-state index is 0.330. The molecule has 1 rings (SSSR count). The third kappa shape index (κ3) is 5.17. The van der Waals surface area contributed by atoms with Gasteiger partial charge in [-0.25, -0.2) is 0 Å². The number of hydrogen-bond donors (Lipinski definition) is 0. The average molecular weight is 264 g/mol. The van der Waals surface area contributed by atoms with E-state index in [0.29, 0.717) is 17.6 Å². The second-order valence-electron chi connectivity index (χ2n) is 6.73. The Morgan fingerprint density at radius 3 is 2.32 bits per heavy atom. The van der Waals surface area contributed by atoms with Crippen LogP contribution >= 0.6 is 0 Å². The highest BCUT2D eigenvalue weighted by Crippen LogP contribution is 2.22. The largest absolute Gasteiger partial charge is 0.300 e. The smallest absolute Gasteiger partial charge is 0.133 e. The van der Waals surface area contributed by atoms with Crippen LogP contribution in [0.2, 0.25) is 0 Å². The van der Waals surface area contributed by atoms with Crippen LogP contribution in [0.4, 0.5) is 0 Å². The minimum Gasteiger partial charge on any atom is -0.300 e. The molecule has 0 bridgehead atoms. The molecular formula is C16H28N2O. The number of carbonyl (C=O) groups excluding carboxylic acids is 1. The van der Waals surface area contributed by atoms with Crippen molar-refractivity contribution in [2.75, 3.05) is 0 Å². The lowest BCUT2D eigenvalue weighted by Crippen LogP contribution is -2.07. The van der Waals surface area contributed by atoms with Gasteiger partial charge in [0.15, 0.2) is 0 Å². The molecule has 0 aliphatic heterocycles. The van der Waals surface area contributed by atoms with Crippen molar-refractivity contribution in [2.45, 2.75) is 66.7 Å². The van der Waals surface area contributed by atoms with Crippen LogP contribution in [0.5, 0.6) is 0 Å². The van der Waals surface area contributed by atoms with Crippen LogP contribution in [0.15, 0.2) is 0 Å². The molecule has 1 heterocycles.